The first-order valence-corrected chi connectivity index (χ1v) is 10.7. The second-order valence-electron chi connectivity index (χ2n) is 7.12. The second-order valence-corrected chi connectivity index (χ2v) is 8.54. The van der Waals surface area contributed by atoms with Gasteiger partial charge in [0, 0.05) is 31.2 Å². The third kappa shape index (κ3) is 3.32. The van der Waals surface area contributed by atoms with Crippen molar-refractivity contribution in [2.75, 3.05) is 31.1 Å². The number of nitrogens with zero attached hydrogens (tertiary/aromatic N) is 6. The summed E-state index contributed by atoms with van der Waals surface area (Å²) < 4.78 is 2.81. The number of aromatic nitrogens is 4. The van der Waals surface area contributed by atoms with Crippen LogP contribution in [0.2, 0.25) is 5.02 Å². The van der Waals surface area contributed by atoms with Gasteiger partial charge in [-0.25, -0.2) is 9.67 Å². The van der Waals surface area contributed by atoms with Gasteiger partial charge in [-0.3, -0.25) is 4.79 Å². The summed E-state index contributed by atoms with van der Waals surface area (Å²) in [7, 11) is 0. The van der Waals surface area contributed by atoms with Crippen LogP contribution >= 0.6 is 22.9 Å². The minimum absolute atomic E-state index is 0.0622. The van der Waals surface area contributed by atoms with Crippen LogP contribution in [0.15, 0.2) is 36.4 Å². The summed E-state index contributed by atoms with van der Waals surface area (Å²) in [6.45, 7) is 5.06. The van der Waals surface area contributed by atoms with Gasteiger partial charge in [-0.1, -0.05) is 40.3 Å². The highest BCUT2D eigenvalue weighted by atomic mass is 35.5. The molecule has 148 valence electrons. The molecule has 2 aromatic heterocycles. The number of thiazole rings is 1. The molecule has 0 radical (unpaired) electrons. The maximum atomic E-state index is 12.8. The van der Waals surface area contributed by atoms with Crippen molar-refractivity contribution in [1.82, 2.24) is 24.9 Å². The van der Waals surface area contributed by atoms with Gasteiger partial charge >= 0.3 is 0 Å². The Balaban J connectivity index is 1.26. The minimum atomic E-state index is 0.0622. The van der Waals surface area contributed by atoms with Crippen molar-refractivity contribution in [2.24, 2.45) is 0 Å². The first-order chi connectivity index (χ1) is 14.1. The summed E-state index contributed by atoms with van der Waals surface area (Å²) in [5.74, 6) is 0.0622. The molecule has 1 fully saturated rings. The van der Waals surface area contributed by atoms with Gasteiger partial charge in [-0.15, -0.1) is 5.10 Å². The summed E-state index contributed by atoms with van der Waals surface area (Å²) in [5.41, 5.74) is 3.66. The van der Waals surface area contributed by atoms with Crippen LogP contribution in [0.25, 0.3) is 21.3 Å². The highest BCUT2D eigenvalue weighted by molar-refractivity contribution is 7.22. The van der Waals surface area contributed by atoms with Crippen LogP contribution in [0.4, 0.5) is 5.13 Å². The molecule has 0 bridgehead atoms. The lowest BCUT2D eigenvalue weighted by Crippen LogP contribution is -2.49. The van der Waals surface area contributed by atoms with Crippen LogP contribution in [0.5, 0.6) is 0 Å². The zero-order chi connectivity index (χ0) is 20.0. The molecule has 7 nitrogen and oxygen atoms in total. The highest BCUT2D eigenvalue weighted by Crippen LogP contribution is 2.33. The molecular formula is C20H19ClN6OS. The summed E-state index contributed by atoms with van der Waals surface area (Å²) in [5, 5.41) is 9.97. The molecule has 3 heterocycles. The normalized spacial score (nSPS) is 14.8. The first-order valence-electron chi connectivity index (χ1n) is 9.47. The predicted octanol–water partition coefficient (Wildman–Crippen LogP) is 3.35. The van der Waals surface area contributed by atoms with Crippen molar-refractivity contribution >= 4 is 55.2 Å². The fraction of sp³-hybridized carbons (Fsp3) is 0.300. The monoisotopic (exact) mass is 426 g/mol. The van der Waals surface area contributed by atoms with E-state index < -0.39 is 0 Å². The molecule has 0 atom stereocenters. The highest BCUT2D eigenvalue weighted by Gasteiger charge is 2.24. The summed E-state index contributed by atoms with van der Waals surface area (Å²) in [6, 6.07) is 11.6. The van der Waals surface area contributed by atoms with E-state index in [1.165, 1.54) is 0 Å². The smallest absolute Gasteiger partial charge is 0.244 e. The quantitative estimate of drug-likeness (QED) is 0.502. The van der Waals surface area contributed by atoms with Gasteiger partial charge in [0.05, 0.1) is 15.7 Å². The van der Waals surface area contributed by atoms with E-state index in [0.717, 1.165) is 50.1 Å². The number of rotatable bonds is 3. The number of hydrogen-bond donors (Lipinski definition) is 0. The number of hydrogen-bond acceptors (Lipinski definition) is 6. The fourth-order valence-corrected chi connectivity index (χ4v) is 4.86. The number of carbonyl (C=O) groups excluding carboxylic acids is 1. The molecule has 1 aliphatic heterocycles. The standard InChI is InChI=1S/C20H19ClN6OS/c1-13-14(21)6-7-17-19(13)22-20(29-17)26-10-8-25(9-11-26)18(28)12-27-16-5-3-2-4-15(16)23-24-27/h2-7H,8-12H2,1H3. The molecule has 9 heteroatoms. The lowest BCUT2D eigenvalue weighted by molar-refractivity contribution is -0.132. The fourth-order valence-electron chi connectivity index (χ4n) is 3.63. The van der Waals surface area contributed by atoms with E-state index >= 15 is 0 Å². The molecule has 5 rings (SSSR count). The van der Waals surface area contributed by atoms with Crippen molar-refractivity contribution in [3.63, 3.8) is 0 Å². The second kappa shape index (κ2) is 7.27. The molecular weight excluding hydrogens is 408 g/mol. The van der Waals surface area contributed by atoms with E-state index in [2.05, 4.69) is 15.2 Å². The summed E-state index contributed by atoms with van der Waals surface area (Å²) >= 11 is 7.90. The maximum absolute atomic E-state index is 12.8. The van der Waals surface area contributed by atoms with Crippen LogP contribution in [-0.2, 0) is 11.3 Å². The van der Waals surface area contributed by atoms with E-state index in [4.69, 9.17) is 16.6 Å². The Morgan fingerprint density at radius 3 is 2.76 bits per heavy atom. The van der Waals surface area contributed by atoms with Crippen molar-refractivity contribution in [3.05, 3.63) is 47.0 Å². The van der Waals surface area contributed by atoms with Crippen LogP contribution in [0, 0.1) is 6.92 Å². The molecule has 4 aromatic rings. The number of para-hydroxylation sites is 1. The van der Waals surface area contributed by atoms with Gasteiger partial charge in [0.1, 0.15) is 12.1 Å². The van der Waals surface area contributed by atoms with E-state index in [-0.39, 0.29) is 12.5 Å². The molecule has 1 amide bonds. The van der Waals surface area contributed by atoms with E-state index in [1.807, 2.05) is 48.2 Å². The van der Waals surface area contributed by atoms with Gasteiger partial charge in [0.25, 0.3) is 0 Å². The van der Waals surface area contributed by atoms with Crippen molar-refractivity contribution in [3.8, 4) is 0 Å². The van der Waals surface area contributed by atoms with Gasteiger partial charge < -0.3 is 9.80 Å². The predicted molar refractivity (Wildman–Crippen MR) is 116 cm³/mol. The number of anilines is 1. The number of halogens is 1. The Bertz CT molecular complexity index is 1210. The third-order valence-electron chi connectivity index (χ3n) is 5.34. The number of fused-ring (bicyclic) bond motifs is 2. The Hall–Kier alpha value is -2.71. The van der Waals surface area contributed by atoms with Gasteiger partial charge in [0.15, 0.2) is 5.13 Å². The number of aryl methyl sites for hydroxylation is 1. The Morgan fingerprint density at radius 1 is 1.14 bits per heavy atom. The third-order valence-corrected chi connectivity index (χ3v) is 6.84. The van der Waals surface area contributed by atoms with Gasteiger partial charge in [-0.2, -0.15) is 0 Å². The van der Waals surface area contributed by atoms with E-state index in [0.29, 0.717) is 13.1 Å². The lowest BCUT2D eigenvalue weighted by atomic mass is 10.2. The average Bonchev–Trinajstić information content (AvgIpc) is 3.36. The maximum Gasteiger partial charge on any atom is 0.244 e. The summed E-state index contributed by atoms with van der Waals surface area (Å²) in [6.07, 6.45) is 0. The van der Waals surface area contributed by atoms with E-state index in [1.54, 1.807) is 16.0 Å². The summed E-state index contributed by atoms with van der Waals surface area (Å²) in [4.78, 5) is 21.7. The largest absolute Gasteiger partial charge is 0.345 e. The molecule has 29 heavy (non-hydrogen) atoms. The Morgan fingerprint density at radius 2 is 1.93 bits per heavy atom. The van der Waals surface area contributed by atoms with Crippen molar-refractivity contribution in [1.29, 1.82) is 0 Å². The van der Waals surface area contributed by atoms with Crippen molar-refractivity contribution < 1.29 is 4.79 Å². The van der Waals surface area contributed by atoms with Crippen LogP contribution < -0.4 is 4.90 Å². The molecule has 0 aliphatic carbocycles. The number of amides is 1. The molecule has 0 unspecified atom stereocenters. The molecule has 1 aliphatic rings. The SMILES string of the molecule is Cc1c(Cl)ccc2sc(N3CCN(C(=O)Cn4nnc5ccccc54)CC3)nc12. The zero-order valence-electron chi connectivity index (χ0n) is 15.9. The topological polar surface area (TPSA) is 67.2 Å². The van der Waals surface area contributed by atoms with Crippen LogP contribution in [0.1, 0.15) is 5.56 Å². The van der Waals surface area contributed by atoms with Gasteiger partial charge in [0.2, 0.25) is 5.91 Å². The van der Waals surface area contributed by atoms with Gasteiger partial charge in [-0.05, 0) is 36.8 Å². The number of benzene rings is 2. The minimum Gasteiger partial charge on any atom is -0.345 e. The first kappa shape index (κ1) is 18.3. The zero-order valence-corrected chi connectivity index (χ0v) is 17.4. The lowest BCUT2D eigenvalue weighted by Gasteiger charge is -2.34. The molecule has 1 saturated heterocycles. The Kier molecular flexibility index (Phi) is 4.60. The molecule has 0 saturated carbocycles. The Labute approximate surface area is 176 Å². The molecule has 0 spiro atoms. The molecule has 0 N–H and O–H groups in total. The van der Waals surface area contributed by atoms with Crippen LogP contribution in [-0.4, -0.2) is 57.0 Å². The van der Waals surface area contributed by atoms with Crippen LogP contribution in [0.3, 0.4) is 0 Å². The average molecular weight is 427 g/mol. The number of piperazine rings is 1. The van der Waals surface area contributed by atoms with Crippen molar-refractivity contribution in [2.45, 2.75) is 13.5 Å². The number of carbonyl (C=O) groups is 1. The molecule has 2 aromatic carbocycles. The van der Waals surface area contributed by atoms with E-state index in [9.17, 15) is 4.79 Å².